The number of hydrogen-bond donors (Lipinski definition) is 0. The molecule has 110 valence electrons. The number of aromatic nitrogens is 1. The maximum absolute atomic E-state index is 13.3. The summed E-state index contributed by atoms with van der Waals surface area (Å²) in [5.41, 5.74) is 1.73. The largest absolute Gasteiger partial charge is 0.263 e. The van der Waals surface area contributed by atoms with Crippen molar-refractivity contribution < 1.29 is 12.8 Å². The normalized spacial score (nSPS) is 19.2. The van der Waals surface area contributed by atoms with E-state index in [1.54, 1.807) is 12.1 Å². The summed E-state index contributed by atoms with van der Waals surface area (Å²) >= 11 is 0. The summed E-state index contributed by atoms with van der Waals surface area (Å²) in [7, 11) is -3.59. The molecule has 1 atom stereocenters. The van der Waals surface area contributed by atoms with Gasteiger partial charge in [-0.3, -0.25) is 4.98 Å². The second-order valence-corrected chi connectivity index (χ2v) is 6.96. The quantitative estimate of drug-likeness (QED) is 0.856. The summed E-state index contributed by atoms with van der Waals surface area (Å²) in [6, 6.07) is 7.34. The van der Waals surface area contributed by atoms with Crippen molar-refractivity contribution in [3.8, 4) is 0 Å². The molecule has 6 heteroatoms. The predicted molar refractivity (Wildman–Crippen MR) is 76.6 cm³/mol. The van der Waals surface area contributed by atoms with Crippen LogP contribution >= 0.6 is 0 Å². The van der Waals surface area contributed by atoms with Gasteiger partial charge in [-0.25, -0.2) is 12.8 Å². The first kappa shape index (κ1) is 14.2. The summed E-state index contributed by atoms with van der Waals surface area (Å²) in [4.78, 5) is 4.05. The Morgan fingerprint density at radius 1 is 1.33 bits per heavy atom. The predicted octanol–water partition coefficient (Wildman–Crippen LogP) is 2.53. The number of pyridine rings is 1. The number of benzene rings is 1. The van der Waals surface area contributed by atoms with E-state index < -0.39 is 10.0 Å². The number of hydrogen-bond acceptors (Lipinski definition) is 3. The van der Waals surface area contributed by atoms with Crippen LogP contribution in [-0.4, -0.2) is 24.3 Å². The van der Waals surface area contributed by atoms with Gasteiger partial charge in [-0.1, -0.05) is 6.07 Å². The van der Waals surface area contributed by atoms with Crippen molar-refractivity contribution in [2.75, 3.05) is 6.54 Å². The van der Waals surface area contributed by atoms with Crippen LogP contribution in [0.5, 0.6) is 0 Å². The van der Waals surface area contributed by atoms with E-state index in [1.807, 2.05) is 6.92 Å². The fourth-order valence-electron chi connectivity index (χ4n) is 2.74. The molecule has 1 aromatic carbocycles. The van der Waals surface area contributed by atoms with Crippen LogP contribution in [0.15, 0.2) is 47.6 Å². The van der Waals surface area contributed by atoms with Crippen molar-refractivity contribution in [2.45, 2.75) is 24.3 Å². The van der Waals surface area contributed by atoms with Crippen molar-refractivity contribution >= 4 is 10.0 Å². The molecule has 0 radical (unpaired) electrons. The van der Waals surface area contributed by atoms with Gasteiger partial charge in [-0.2, -0.15) is 4.31 Å². The average molecular weight is 306 g/mol. The standard InChI is InChI=1S/C15H15FN2O2S/c1-11-15-5-4-13(16)9-12(15)6-8-18(11)21(19,20)14-3-2-7-17-10-14/h2-5,7,9-11H,6,8H2,1H3. The van der Waals surface area contributed by atoms with Crippen molar-refractivity contribution in [1.82, 2.24) is 9.29 Å². The average Bonchev–Trinajstić information content (AvgIpc) is 2.48. The van der Waals surface area contributed by atoms with Crippen molar-refractivity contribution in [3.05, 3.63) is 59.7 Å². The third kappa shape index (κ3) is 2.45. The van der Waals surface area contributed by atoms with Gasteiger partial charge in [0.15, 0.2) is 0 Å². The lowest BCUT2D eigenvalue weighted by molar-refractivity contribution is 0.325. The minimum atomic E-state index is -3.59. The van der Waals surface area contributed by atoms with E-state index in [2.05, 4.69) is 4.98 Å². The topological polar surface area (TPSA) is 50.3 Å². The maximum Gasteiger partial charge on any atom is 0.245 e. The van der Waals surface area contributed by atoms with Crippen LogP contribution in [-0.2, 0) is 16.4 Å². The molecule has 2 aromatic rings. The Morgan fingerprint density at radius 3 is 2.86 bits per heavy atom. The van der Waals surface area contributed by atoms with Crippen molar-refractivity contribution in [1.29, 1.82) is 0 Å². The van der Waals surface area contributed by atoms with E-state index in [4.69, 9.17) is 0 Å². The van der Waals surface area contributed by atoms with E-state index >= 15 is 0 Å². The molecular weight excluding hydrogens is 291 g/mol. The molecule has 0 amide bonds. The highest BCUT2D eigenvalue weighted by atomic mass is 32.2. The number of nitrogens with zero attached hydrogens (tertiary/aromatic N) is 2. The molecule has 1 aliphatic rings. The Bertz CT molecular complexity index is 762. The number of halogens is 1. The van der Waals surface area contributed by atoms with Gasteiger partial charge in [-0.05, 0) is 48.7 Å². The first-order valence-electron chi connectivity index (χ1n) is 6.70. The van der Waals surface area contributed by atoms with Crippen LogP contribution in [0.1, 0.15) is 24.1 Å². The molecule has 1 aromatic heterocycles. The lowest BCUT2D eigenvalue weighted by Crippen LogP contribution is -2.38. The first-order chi connectivity index (χ1) is 10.00. The summed E-state index contributed by atoms with van der Waals surface area (Å²) in [6.45, 7) is 2.17. The second kappa shape index (κ2) is 5.20. The molecule has 21 heavy (non-hydrogen) atoms. The molecule has 4 nitrogen and oxygen atoms in total. The van der Waals surface area contributed by atoms with E-state index in [1.165, 1.54) is 34.9 Å². The fourth-order valence-corrected chi connectivity index (χ4v) is 4.32. The van der Waals surface area contributed by atoms with Gasteiger partial charge >= 0.3 is 0 Å². The van der Waals surface area contributed by atoms with Crippen LogP contribution in [0, 0.1) is 5.82 Å². The van der Waals surface area contributed by atoms with Crippen LogP contribution in [0.4, 0.5) is 4.39 Å². The molecule has 0 aliphatic carbocycles. The smallest absolute Gasteiger partial charge is 0.245 e. The Kier molecular flexibility index (Phi) is 3.51. The Hall–Kier alpha value is -1.79. The zero-order valence-corrected chi connectivity index (χ0v) is 12.3. The van der Waals surface area contributed by atoms with Gasteiger partial charge in [0.2, 0.25) is 10.0 Å². The SMILES string of the molecule is CC1c2ccc(F)cc2CCN1S(=O)(=O)c1cccnc1. The van der Waals surface area contributed by atoms with Gasteiger partial charge in [0, 0.05) is 25.0 Å². The highest BCUT2D eigenvalue weighted by Gasteiger charge is 2.33. The van der Waals surface area contributed by atoms with E-state index in [9.17, 15) is 12.8 Å². The highest BCUT2D eigenvalue weighted by molar-refractivity contribution is 7.89. The van der Waals surface area contributed by atoms with Crippen LogP contribution < -0.4 is 0 Å². The molecule has 3 rings (SSSR count). The number of fused-ring (bicyclic) bond motifs is 1. The van der Waals surface area contributed by atoms with E-state index in [0.717, 1.165) is 11.1 Å². The molecule has 0 bridgehead atoms. The molecule has 0 fully saturated rings. The summed E-state index contributed by atoms with van der Waals surface area (Å²) < 4.78 is 40.1. The maximum atomic E-state index is 13.3. The molecule has 0 N–H and O–H groups in total. The molecule has 0 saturated heterocycles. The highest BCUT2D eigenvalue weighted by Crippen LogP contribution is 2.33. The lowest BCUT2D eigenvalue weighted by Gasteiger charge is -2.34. The monoisotopic (exact) mass is 306 g/mol. The third-order valence-electron chi connectivity index (χ3n) is 3.83. The van der Waals surface area contributed by atoms with E-state index in [-0.39, 0.29) is 16.8 Å². The Labute approximate surface area is 123 Å². The molecule has 2 heterocycles. The van der Waals surface area contributed by atoms with Gasteiger partial charge in [0.05, 0.1) is 0 Å². The second-order valence-electron chi connectivity index (χ2n) is 5.07. The van der Waals surface area contributed by atoms with Crippen LogP contribution in [0.25, 0.3) is 0 Å². The van der Waals surface area contributed by atoms with E-state index in [0.29, 0.717) is 13.0 Å². The fraction of sp³-hybridized carbons (Fsp3) is 0.267. The lowest BCUT2D eigenvalue weighted by atomic mass is 9.95. The Morgan fingerprint density at radius 2 is 2.14 bits per heavy atom. The van der Waals surface area contributed by atoms with Crippen molar-refractivity contribution in [2.24, 2.45) is 0 Å². The minimum Gasteiger partial charge on any atom is -0.263 e. The minimum absolute atomic E-state index is 0.183. The summed E-state index contributed by atoms with van der Waals surface area (Å²) in [5, 5.41) is 0. The van der Waals surface area contributed by atoms with Gasteiger partial charge < -0.3 is 0 Å². The summed E-state index contributed by atoms with van der Waals surface area (Å²) in [5.74, 6) is -0.287. The third-order valence-corrected chi connectivity index (χ3v) is 5.78. The molecule has 0 saturated carbocycles. The molecule has 0 spiro atoms. The zero-order chi connectivity index (χ0) is 15.0. The first-order valence-corrected chi connectivity index (χ1v) is 8.14. The molecule has 1 aliphatic heterocycles. The van der Waals surface area contributed by atoms with Crippen LogP contribution in [0.2, 0.25) is 0 Å². The van der Waals surface area contributed by atoms with Gasteiger partial charge in [0.25, 0.3) is 0 Å². The Balaban J connectivity index is 2.00. The van der Waals surface area contributed by atoms with Gasteiger partial charge in [-0.15, -0.1) is 0 Å². The number of rotatable bonds is 2. The summed E-state index contributed by atoms with van der Waals surface area (Å²) in [6.07, 6.45) is 3.40. The number of sulfonamides is 1. The molecular formula is C15H15FN2O2S. The van der Waals surface area contributed by atoms with Gasteiger partial charge in [0.1, 0.15) is 10.7 Å². The van der Waals surface area contributed by atoms with Crippen LogP contribution in [0.3, 0.4) is 0 Å². The molecule has 1 unspecified atom stereocenters. The zero-order valence-electron chi connectivity index (χ0n) is 11.5. The van der Waals surface area contributed by atoms with Crippen molar-refractivity contribution in [3.63, 3.8) is 0 Å².